The molecule has 6 heteroatoms. The number of ether oxygens (including phenoxy) is 1. The van der Waals surface area contributed by atoms with Crippen molar-refractivity contribution in [3.8, 4) is 11.6 Å². The topological polar surface area (TPSA) is 95.6 Å². The average Bonchev–Trinajstić information content (AvgIpc) is 2.84. The summed E-state index contributed by atoms with van der Waals surface area (Å²) in [6, 6.07) is 12.2. The number of imidazole rings is 1. The first kappa shape index (κ1) is 13.1. The van der Waals surface area contributed by atoms with Crippen molar-refractivity contribution in [1.29, 1.82) is 0 Å². The van der Waals surface area contributed by atoms with Gasteiger partial charge in [-0.05, 0) is 36.4 Å². The Bertz CT molecular complexity index is 793. The van der Waals surface area contributed by atoms with Gasteiger partial charge in [-0.25, -0.2) is 0 Å². The van der Waals surface area contributed by atoms with Crippen LogP contribution in [0.25, 0.3) is 5.65 Å². The van der Waals surface area contributed by atoms with Gasteiger partial charge in [0.05, 0.1) is 0 Å². The lowest BCUT2D eigenvalue weighted by Gasteiger charge is -2.05. The van der Waals surface area contributed by atoms with Crippen molar-refractivity contribution >= 4 is 11.6 Å². The highest BCUT2D eigenvalue weighted by atomic mass is 16.5. The van der Waals surface area contributed by atoms with E-state index in [0.717, 1.165) is 11.3 Å². The van der Waals surface area contributed by atoms with Crippen LogP contribution in [0.4, 0.5) is 0 Å². The highest BCUT2D eigenvalue weighted by Gasteiger charge is 2.12. The van der Waals surface area contributed by atoms with Crippen molar-refractivity contribution in [2.75, 3.05) is 0 Å². The summed E-state index contributed by atoms with van der Waals surface area (Å²) in [6.07, 6.45) is 1.88. The summed E-state index contributed by atoms with van der Waals surface area (Å²) >= 11 is 0. The molecule has 6 nitrogen and oxygen atoms in total. The third kappa shape index (κ3) is 2.44. The number of carbonyl (C=O) groups is 1. The number of nitrogens with zero attached hydrogens (tertiary/aromatic N) is 2. The molecule has 0 radical (unpaired) electrons. The molecule has 0 fully saturated rings. The zero-order valence-electron chi connectivity index (χ0n) is 11.2. The van der Waals surface area contributed by atoms with Crippen LogP contribution in [0.5, 0.6) is 11.6 Å². The summed E-state index contributed by atoms with van der Waals surface area (Å²) in [7, 11) is 0. The van der Waals surface area contributed by atoms with Gasteiger partial charge in [-0.3, -0.25) is 9.20 Å². The Hall–Kier alpha value is -2.86. The second kappa shape index (κ2) is 5.26. The minimum Gasteiger partial charge on any atom is -0.437 e. The first-order chi connectivity index (χ1) is 10.2. The van der Waals surface area contributed by atoms with Gasteiger partial charge in [0.25, 0.3) is 0 Å². The van der Waals surface area contributed by atoms with Gasteiger partial charge < -0.3 is 16.2 Å². The fourth-order valence-electron chi connectivity index (χ4n) is 2.09. The number of aromatic nitrogens is 2. The molecule has 1 amide bonds. The maximum Gasteiger partial charge on any atom is 0.248 e. The van der Waals surface area contributed by atoms with Crippen molar-refractivity contribution in [1.82, 2.24) is 9.38 Å². The van der Waals surface area contributed by atoms with Crippen molar-refractivity contribution in [3.63, 3.8) is 0 Å². The van der Waals surface area contributed by atoms with E-state index in [1.54, 1.807) is 24.3 Å². The van der Waals surface area contributed by atoms with Gasteiger partial charge in [-0.15, -0.1) is 0 Å². The van der Waals surface area contributed by atoms with Crippen LogP contribution >= 0.6 is 0 Å². The van der Waals surface area contributed by atoms with E-state index in [1.807, 2.05) is 28.8 Å². The Morgan fingerprint density at radius 3 is 2.62 bits per heavy atom. The van der Waals surface area contributed by atoms with Crippen LogP contribution in [0.15, 0.2) is 48.7 Å². The number of rotatable bonds is 4. The van der Waals surface area contributed by atoms with Crippen molar-refractivity contribution in [2.45, 2.75) is 6.54 Å². The van der Waals surface area contributed by atoms with Gasteiger partial charge in [0, 0.05) is 18.3 Å². The van der Waals surface area contributed by atoms with E-state index in [0.29, 0.717) is 23.7 Å². The smallest absolute Gasteiger partial charge is 0.248 e. The second-order valence-electron chi connectivity index (χ2n) is 4.49. The van der Waals surface area contributed by atoms with Gasteiger partial charge in [0.15, 0.2) is 0 Å². The molecule has 106 valence electrons. The fourth-order valence-corrected chi connectivity index (χ4v) is 2.09. The van der Waals surface area contributed by atoms with E-state index >= 15 is 0 Å². The van der Waals surface area contributed by atoms with Crippen molar-refractivity contribution < 1.29 is 9.53 Å². The van der Waals surface area contributed by atoms with Crippen LogP contribution in [0.2, 0.25) is 0 Å². The molecule has 0 atom stereocenters. The average molecular weight is 282 g/mol. The summed E-state index contributed by atoms with van der Waals surface area (Å²) in [5.74, 6) is 0.547. The summed E-state index contributed by atoms with van der Waals surface area (Å²) in [5.41, 5.74) is 13.0. The molecular weight excluding hydrogens is 268 g/mol. The first-order valence-corrected chi connectivity index (χ1v) is 6.43. The molecule has 0 spiro atoms. The molecule has 3 aromatic rings. The van der Waals surface area contributed by atoms with E-state index in [-0.39, 0.29) is 0 Å². The van der Waals surface area contributed by atoms with Gasteiger partial charge in [0.2, 0.25) is 11.8 Å². The fraction of sp³-hybridized carbons (Fsp3) is 0.0667. The van der Waals surface area contributed by atoms with Gasteiger partial charge in [-0.2, -0.15) is 4.98 Å². The van der Waals surface area contributed by atoms with E-state index in [4.69, 9.17) is 16.2 Å². The van der Waals surface area contributed by atoms with Crippen LogP contribution in [0.1, 0.15) is 16.1 Å². The number of nitrogens with two attached hydrogens (primary N) is 2. The van der Waals surface area contributed by atoms with E-state index in [1.165, 1.54) is 0 Å². The highest BCUT2D eigenvalue weighted by Crippen LogP contribution is 2.25. The molecule has 3 rings (SSSR count). The normalized spacial score (nSPS) is 10.7. The minimum absolute atomic E-state index is 0.305. The number of pyridine rings is 1. The van der Waals surface area contributed by atoms with Crippen LogP contribution in [0.3, 0.4) is 0 Å². The molecule has 0 saturated heterocycles. The molecule has 0 aliphatic carbocycles. The molecule has 0 aliphatic rings. The van der Waals surface area contributed by atoms with Crippen molar-refractivity contribution in [2.24, 2.45) is 11.5 Å². The van der Waals surface area contributed by atoms with Crippen molar-refractivity contribution in [3.05, 3.63) is 59.9 Å². The SMILES string of the molecule is NCc1c(Oc2ccc(C(N)=O)cc2)nc2ccccn12. The number of carbonyl (C=O) groups excluding carboxylic acids is 1. The monoisotopic (exact) mass is 282 g/mol. The third-order valence-electron chi connectivity index (χ3n) is 3.14. The molecule has 4 N–H and O–H groups in total. The number of benzene rings is 1. The zero-order chi connectivity index (χ0) is 14.8. The van der Waals surface area contributed by atoms with Gasteiger partial charge in [0.1, 0.15) is 17.1 Å². The Labute approximate surface area is 121 Å². The largest absolute Gasteiger partial charge is 0.437 e. The zero-order valence-corrected chi connectivity index (χ0v) is 11.2. The predicted molar refractivity (Wildman–Crippen MR) is 78.1 cm³/mol. The summed E-state index contributed by atoms with van der Waals surface area (Å²) in [6.45, 7) is 0.305. The Kier molecular flexibility index (Phi) is 3.29. The summed E-state index contributed by atoms with van der Waals surface area (Å²) in [5, 5.41) is 0. The van der Waals surface area contributed by atoms with E-state index < -0.39 is 5.91 Å². The number of hydrogen-bond acceptors (Lipinski definition) is 4. The third-order valence-corrected chi connectivity index (χ3v) is 3.14. The summed E-state index contributed by atoms with van der Waals surface area (Å²) in [4.78, 5) is 15.4. The molecule has 21 heavy (non-hydrogen) atoms. The standard InChI is InChI=1S/C15H14N4O2/c16-9-12-15(18-13-3-1-2-8-19(12)13)21-11-6-4-10(5-7-11)14(17)20/h1-8H,9,16H2,(H2,17,20). The lowest BCUT2D eigenvalue weighted by molar-refractivity contribution is 0.100. The molecular formula is C15H14N4O2. The highest BCUT2D eigenvalue weighted by molar-refractivity contribution is 5.92. The quantitative estimate of drug-likeness (QED) is 0.761. The molecule has 0 saturated carbocycles. The van der Waals surface area contributed by atoms with E-state index in [2.05, 4.69) is 4.98 Å². The Morgan fingerprint density at radius 1 is 1.19 bits per heavy atom. The lowest BCUT2D eigenvalue weighted by Crippen LogP contribution is -2.10. The number of hydrogen-bond donors (Lipinski definition) is 2. The first-order valence-electron chi connectivity index (χ1n) is 6.43. The van der Waals surface area contributed by atoms with Gasteiger partial charge in [-0.1, -0.05) is 6.07 Å². The lowest BCUT2D eigenvalue weighted by atomic mass is 10.2. The van der Waals surface area contributed by atoms with E-state index in [9.17, 15) is 4.79 Å². The molecule has 0 bridgehead atoms. The van der Waals surface area contributed by atoms with Crippen LogP contribution in [-0.4, -0.2) is 15.3 Å². The number of amides is 1. The summed E-state index contributed by atoms with van der Waals surface area (Å²) < 4.78 is 7.64. The second-order valence-corrected chi connectivity index (χ2v) is 4.49. The maximum atomic E-state index is 11.0. The van der Waals surface area contributed by atoms with Gasteiger partial charge >= 0.3 is 0 Å². The predicted octanol–water partition coefficient (Wildman–Crippen LogP) is 1.68. The van der Waals surface area contributed by atoms with Crippen LogP contribution < -0.4 is 16.2 Å². The Balaban J connectivity index is 1.95. The molecule has 2 heterocycles. The van der Waals surface area contributed by atoms with Crippen LogP contribution in [-0.2, 0) is 6.54 Å². The number of primary amides is 1. The minimum atomic E-state index is -0.475. The molecule has 0 aliphatic heterocycles. The molecule has 0 unspecified atom stereocenters. The van der Waals surface area contributed by atoms with Crippen LogP contribution in [0, 0.1) is 0 Å². The molecule has 2 aromatic heterocycles. The molecule has 1 aromatic carbocycles. The Morgan fingerprint density at radius 2 is 1.95 bits per heavy atom. The maximum absolute atomic E-state index is 11.0. The number of fused-ring (bicyclic) bond motifs is 1.